The van der Waals surface area contributed by atoms with Crippen molar-refractivity contribution in [1.82, 2.24) is 0 Å². The van der Waals surface area contributed by atoms with Gasteiger partial charge in [-0.05, 0) is 35.0 Å². The molecule has 5 rings (SSSR count). The summed E-state index contributed by atoms with van der Waals surface area (Å²) in [6.45, 7) is 0. The molecule has 0 radical (unpaired) electrons. The Morgan fingerprint density at radius 3 is 2.36 bits per heavy atom. The molecule has 3 heteroatoms. The number of hydrogen-bond acceptors (Lipinski definition) is 3. The van der Waals surface area contributed by atoms with Crippen LogP contribution >= 0.6 is 0 Å². The molecule has 120 valence electrons. The van der Waals surface area contributed by atoms with E-state index in [2.05, 4.69) is 12.1 Å². The minimum absolute atomic E-state index is 0.0599. The van der Waals surface area contributed by atoms with Crippen molar-refractivity contribution in [3.63, 3.8) is 0 Å². The number of hydrogen-bond donors (Lipinski definition) is 0. The number of para-hydroxylation sites is 1. The molecule has 5 aromatic rings. The second kappa shape index (κ2) is 5.08. The maximum atomic E-state index is 12.9. The van der Waals surface area contributed by atoms with Crippen LogP contribution < -0.4 is 10.2 Å². The molecule has 25 heavy (non-hydrogen) atoms. The highest BCUT2D eigenvalue weighted by molar-refractivity contribution is 6.22. The Bertz CT molecular complexity index is 1280. The van der Waals surface area contributed by atoms with E-state index in [1.807, 2.05) is 48.5 Å². The van der Waals surface area contributed by atoms with Crippen LogP contribution in [-0.4, -0.2) is 7.11 Å². The lowest BCUT2D eigenvalue weighted by molar-refractivity contribution is 0.415. The molecule has 0 N–H and O–H groups in total. The molecule has 1 heterocycles. The van der Waals surface area contributed by atoms with Crippen LogP contribution in [0.25, 0.3) is 43.8 Å². The van der Waals surface area contributed by atoms with E-state index < -0.39 is 0 Å². The fourth-order valence-corrected chi connectivity index (χ4v) is 3.59. The van der Waals surface area contributed by atoms with Gasteiger partial charge in [-0.1, -0.05) is 36.4 Å². The van der Waals surface area contributed by atoms with Gasteiger partial charge in [-0.3, -0.25) is 4.79 Å². The van der Waals surface area contributed by atoms with Gasteiger partial charge < -0.3 is 9.15 Å². The summed E-state index contributed by atoms with van der Waals surface area (Å²) in [7, 11) is 1.61. The minimum Gasteiger partial charge on any atom is -0.496 e. The summed E-state index contributed by atoms with van der Waals surface area (Å²) in [5.41, 5.74) is 1.40. The largest absolute Gasteiger partial charge is 0.496 e. The van der Waals surface area contributed by atoms with Gasteiger partial charge in [-0.25, -0.2) is 0 Å². The molecule has 0 aliphatic carbocycles. The van der Waals surface area contributed by atoms with Crippen molar-refractivity contribution in [2.75, 3.05) is 7.11 Å². The van der Waals surface area contributed by atoms with Gasteiger partial charge in [0.05, 0.1) is 12.7 Å². The van der Waals surface area contributed by atoms with Gasteiger partial charge in [-0.15, -0.1) is 0 Å². The Hall–Kier alpha value is -3.33. The average molecular weight is 326 g/mol. The third-order valence-corrected chi connectivity index (χ3v) is 4.75. The Morgan fingerprint density at radius 2 is 1.56 bits per heavy atom. The van der Waals surface area contributed by atoms with Gasteiger partial charge in [0, 0.05) is 22.2 Å². The molecule has 0 saturated heterocycles. The van der Waals surface area contributed by atoms with Crippen molar-refractivity contribution in [1.29, 1.82) is 0 Å². The smallest absolute Gasteiger partial charge is 0.190 e. The molecule has 3 nitrogen and oxygen atoms in total. The van der Waals surface area contributed by atoms with E-state index >= 15 is 0 Å². The van der Waals surface area contributed by atoms with Crippen molar-refractivity contribution < 1.29 is 9.15 Å². The summed E-state index contributed by atoms with van der Waals surface area (Å²) in [5, 5.41) is 4.87. The van der Waals surface area contributed by atoms with Gasteiger partial charge in [0.2, 0.25) is 0 Å². The number of rotatable bonds is 2. The molecule has 0 amide bonds. The summed E-state index contributed by atoms with van der Waals surface area (Å²) in [6.07, 6.45) is 0. The first-order valence-electron chi connectivity index (χ1n) is 8.11. The molecule has 0 bridgehead atoms. The van der Waals surface area contributed by atoms with Crippen molar-refractivity contribution in [2.45, 2.75) is 0 Å². The topological polar surface area (TPSA) is 39.4 Å². The van der Waals surface area contributed by atoms with Crippen molar-refractivity contribution in [3.05, 3.63) is 77.0 Å². The summed E-state index contributed by atoms with van der Waals surface area (Å²) in [4.78, 5) is 12.9. The molecule has 0 unspecified atom stereocenters. The lowest BCUT2D eigenvalue weighted by atomic mass is 10.0. The third-order valence-electron chi connectivity index (χ3n) is 4.75. The second-order valence-electron chi connectivity index (χ2n) is 6.11. The van der Waals surface area contributed by atoms with Crippen LogP contribution in [0.2, 0.25) is 0 Å². The Balaban J connectivity index is 1.99. The van der Waals surface area contributed by atoms with Gasteiger partial charge in [0.1, 0.15) is 17.1 Å². The average Bonchev–Trinajstić information content (AvgIpc) is 3.01. The first kappa shape index (κ1) is 14.1. The maximum Gasteiger partial charge on any atom is 0.190 e. The SMILES string of the molecule is COc1ccccc1-c1cc(=O)c2ccc3ccc4ccc(o1)c2c43. The summed E-state index contributed by atoms with van der Waals surface area (Å²) >= 11 is 0. The predicted molar refractivity (Wildman–Crippen MR) is 101 cm³/mol. The molecule has 1 aromatic heterocycles. The highest BCUT2D eigenvalue weighted by atomic mass is 16.5. The van der Waals surface area contributed by atoms with Crippen LogP contribution in [0.3, 0.4) is 0 Å². The van der Waals surface area contributed by atoms with E-state index in [1.165, 1.54) is 0 Å². The highest BCUT2D eigenvalue weighted by Crippen LogP contribution is 2.36. The van der Waals surface area contributed by atoms with Crippen LogP contribution in [0.15, 0.2) is 75.9 Å². The number of methoxy groups -OCH3 is 1. The van der Waals surface area contributed by atoms with Gasteiger partial charge in [0.25, 0.3) is 0 Å². The molecule has 0 saturated carbocycles. The van der Waals surface area contributed by atoms with Crippen LogP contribution in [0.1, 0.15) is 0 Å². The van der Waals surface area contributed by atoms with E-state index in [-0.39, 0.29) is 5.43 Å². The fraction of sp³-hybridized carbons (Fsp3) is 0.0455. The number of benzene rings is 3. The lowest BCUT2D eigenvalue weighted by Crippen LogP contribution is -1.96. The Labute approximate surface area is 143 Å². The van der Waals surface area contributed by atoms with Crippen LogP contribution in [0, 0.1) is 0 Å². The predicted octanol–water partition coefficient (Wildman–Crippen LogP) is 5.21. The molecule has 4 aromatic carbocycles. The zero-order valence-electron chi connectivity index (χ0n) is 13.6. The fourth-order valence-electron chi connectivity index (χ4n) is 3.59. The molecular formula is C22H14O3. The third kappa shape index (κ3) is 1.96. The van der Waals surface area contributed by atoms with Crippen molar-refractivity contribution >= 4 is 32.5 Å². The van der Waals surface area contributed by atoms with E-state index in [1.54, 1.807) is 13.2 Å². The molecule has 0 aliphatic rings. The minimum atomic E-state index is -0.0599. The van der Waals surface area contributed by atoms with Gasteiger partial charge in [0.15, 0.2) is 5.43 Å². The van der Waals surface area contributed by atoms with Crippen molar-refractivity contribution in [2.24, 2.45) is 0 Å². The van der Waals surface area contributed by atoms with Gasteiger partial charge in [-0.2, -0.15) is 0 Å². The zero-order chi connectivity index (χ0) is 17.0. The maximum absolute atomic E-state index is 12.9. The standard InChI is InChI=1S/C22H14O3/c1-24-18-5-3-2-4-16(18)20-12-17(23)15-10-8-13-6-7-14-9-11-19(25-20)22(15)21(13)14/h2-12H,1H3. The summed E-state index contributed by atoms with van der Waals surface area (Å²) in [5.74, 6) is 1.17. The monoisotopic (exact) mass is 326 g/mol. The molecule has 0 aliphatic heterocycles. The van der Waals surface area contributed by atoms with Crippen LogP contribution in [-0.2, 0) is 0 Å². The van der Waals surface area contributed by atoms with E-state index in [9.17, 15) is 4.79 Å². The van der Waals surface area contributed by atoms with E-state index in [4.69, 9.17) is 9.15 Å². The lowest BCUT2D eigenvalue weighted by Gasteiger charge is -2.06. The summed E-state index contributed by atoms with van der Waals surface area (Å²) in [6, 6.07) is 21.1. The first-order valence-corrected chi connectivity index (χ1v) is 8.11. The zero-order valence-corrected chi connectivity index (χ0v) is 13.6. The van der Waals surface area contributed by atoms with Crippen LogP contribution in [0.4, 0.5) is 0 Å². The van der Waals surface area contributed by atoms with E-state index in [0.717, 1.165) is 27.1 Å². The highest BCUT2D eigenvalue weighted by Gasteiger charge is 2.14. The normalized spacial score (nSPS) is 11.6. The first-order chi connectivity index (χ1) is 12.3. The molecule has 0 fully saturated rings. The van der Waals surface area contributed by atoms with Crippen molar-refractivity contribution in [3.8, 4) is 17.1 Å². The Kier molecular flexibility index (Phi) is 2.86. The van der Waals surface area contributed by atoms with Gasteiger partial charge >= 0.3 is 0 Å². The summed E-state index contributed by atoms with van der Waals surface area (Å²) < 4.78 is 11.6. The molecule has 0 spiro atoms. The van der Waals surface area contributed by atoms with E-state index in [0.29, 0.717) is 22.5 Å². The Morgan fingerprint density at radius 1 is 0.840 bits per heavy atom. The van der Waals surface area contributed by atoms with Crippen LogP contribution in [0.5, 0.6) is 5.75 Å². The quantitative estimate of drug-likeness (QED) is 0.447. The molecular weight excluding hydrogens is 312 g/mol. The number of ether oxygens (including phenoxy) is 1. The molecule has 0 atom stereocenters. The second-order valence-corrected chi connectivity index (χ2v) is 6.11.